The Hall–Kier alpha value is -4.08. The second kappa shape index (κ2) is 12.7. The van der Waals surface area contributed by atoms with E-state index in [-0.39, 0.29) is 52.7 Å². The van der Waals surface area contributed by atoms with Crippen LogP contribution in [0, 0.1) is 23.3 Å². The maximum absolute atomic E-state index is 15.1. The Balaban J connectivity index is 1.37. The van der Waals surface area contributed by atoms with Crippen LogP contribution in [0.5, 0.6) is 11.6 Å². The largest absolute Gasteiger partial charge is 0.435 e. The lowest BCUT2D eigenvalue weighted by Crippen LogP contribution is -2.44. The van der Waals surface area contributed by atoms with Gasteiger partial charge in [0.2, 0.25) is 27.7 Å². The minimum Gasteiger partial charge on any atom is -0.435 e. The molecule has 1 fully saturated rings. The van der Waals surface area contributed by atoms with E-state index in [9.17, 15) is 26.0 Å². The minimum absolute atomic E-state index is 0.0212. The van der Waals surface area contributed by atoms with Gasteiger partial charge in [0.1, 0.15) is 17.7 Å². The van der Waals surface area contributed by atoms with Crippen LogP contribution in [0.2, 0.25) is 5.02 Å². The third-order valence-electron chi connectivity index (χ3n) is 6.26. The van der Waals surface area contributed by atoms with E-state index in [1.54, 1.807) is 4.72 Å². The lowest BCUT2D eigenvalue weighted by atomic mass is 10.1. The summed E-state index contributed by atoms with van der Waals surface area (Å²) in [5, 5.41) is 5.64. The van der Waals surface area contributed by atoms with Crippen molar-refractivity contribution in [1.29, 1.82) is 0 Å². The summed E-state index contributed by atoms with van der Waals surface area (Å²) in [6.45, 7) is 0.754. The lowest BCUT2D eigenvalue weighted by molar-refractivity contribution is 0.254. The molecule has 2 atom stereocenters. The van der Waals surface area contributed by atoms with Crippen LogP contribution in [0.1, 0.15) is 12.0 Å². The minimum atomic E-state index is -4.49. The van der Waals surface area contributed by atoms with Gasteiger partial charge < -0.3 is 15.4 Å². The molecule has 5 rings (SSSR count). The van der Waals surface area contributed by atoms with Gasteiger partial charge in [-0.25, -0.2) is 40.9 Å². The zero-order valence-electron chi connectivity index (χ0n) is 21.9. The quantitative estimate of drug-likeness (QED) is 0.160. The maximum Gasteiger partial charge on any atom is 0.237 e. The summed E-state index contributed by atoms with van der Waals surface area (Å²) in [5.41, 5.74) is -0.791. The van der Waals surface area contributed by atoms with Crippen molar-refractivity contribution in [2.24, 2.45) is 0 Å². The van der Waals surface area contributed by atoms with Gasteiger partial charge in [-0.15, -0.1) is 0 Å². The van der Waals surface area contributed by atoms with Gasteiger partial charge in [0.05, 0.1) is 22.0 Å². The zero-order chi connectivity index (χ0) is 30.7. The van der Waals surface area contributed by atoms with Crippen LogP contribution < -0.4 is 20.1 Å². The smallest absolute Gasteiger partial charge is 0.237 e. The highest BCUT2D eigenvalue weighted by Gasteiger charge is 2.26. The lowest BCUT2D eigenvalue weighted by Gasteiger charge is -2.26. The molecule has 1 unspecified atom stereocenters. The van der Waals surface area contributed by atoms with Crippen LogP contribution in [0.3, 0.4) is 0 Å². The first-order valence-electron chi connectivity index (χ1n) is 12.7. The number of halogens is 6. The highest BCUT2D eigenvalue weighted by Crippen LogP contribution is 2.36. The first-order chi connectivity index (χ1) is 20.5. The first-order valence-corrected chi connectivity index (χ1v) is 14.7. The van der Waals surface area contributed by atoms with Crippen molar-refractivity contribution < 1.29 is 35.1 Å². The Bertz CT molecular complexity index is 1770. The topological polar surface area (TPSA) is 118 Å². The second-order valence-electron chi connectivity index (χ2n) is 9.53. The molecule has 226 valence electrons. The molecular formula is C27H22ClF5N6O3S. The Morgan fingerprint density at radius 3 is 2.58 bits per heavy atom. The Kier molecular flexibility index (Phi) is 8.94. The van der Waals surface area contributed by atoms with E-state index < -0.39 is 56.7 Å². The molecule has 16 heteroatoms. The third kappa shape index (κ3) is 7.29. The Morgan fingerprint density at radius 1 is 1.00 bits per heavy atom. The number of piperidine rings is 1. The summed E-state index contributed by atoms with van der Waals surface area (Å²) in [6.07, 6.45) is 1.94. The number of aromatic nitrogens is 3. The Labute approximate surface area is 247 Å². The number of hydrogen-bond acceptors (Lipinski definition) is 8. The standard InChI is InChI=1S/C27H22ClF5N6O3S/c28-18-8-14(3-4-19(18)30)13-43(40,41)39-25-20(31)10-22(23(32)24(25)33)42-26-17(2-1-6-35-26)21-5-7-36-27(38-21)37-16-9-15(29)11-34-12-16/h1-8,10,15-16,34,39H,9,11-13H2,(H,36,37,38)/t15-,16?/m0/s1. The van der Waals surface area contributed by atoms with Crippen LogP contribution in [0.25, 0.3) is 11.3 Å². The highest BCUT2D eigenvalue weighted by molar-refractivity contribution is 7.91. The van der Waals surface area contributed by atoms with Gasteiger partial charge in [-0.3, -0.25) is 4.72 Å². The predicted octanol–water partition coefficient (Wildman–Crippen LogP) is 5.59. The molecule has 0 amide bonds. The third-order valence-corrected chi connectivity index (χ3v) is 7.78. The van der Waals surface area contributed by atoms with Gasteiger partial charge >= 0.3 is 0 Å². The summed E-state index contributed by atoms with van der Waals surface area (Å²) in [7, 11) is -4.49. The number of nitrogens with zero attached hydrogens (tertiary/aromatic N) is 3. The predicted molar refractivity (Wildman–Crippen MR) is 149 cm³/mol. The molecule has 0 spiro atoms. The number of nitrogens with one attached hydrogen (secondary N) is 3. The number of anilines is 2. The molecule has 0 radical (unpaired) electrons. The molecule has 43 heavy (non-hydrogen) atoms. The van der Waals surface area contributed by atoms with Crippen molar-refractivity contribution in [3.05, 3.63) is 88.7 Å². The van der Waals surface area contributed by atoms with E-state index in [0.717, 1.165) is 18.2 Å². The van der Waals surface area contributed by atoms with Gasteiger partial charge in [-0.1, -0.05) is 17.7 Å². The molecule has 4 aromatic rings. The van der Waals surface area contributed by atoms with E-state index in [4.69, 9.17) is 16.3 Å². The highest BCUT2D eigenvalue weighted by atomic mass is 35.5. The first kappa shape index (κ1) is 30.4. The van der Waals surface area contributed by atoms with Crippen molar-refractivity contribution in [3.8, 4) is 22.9 Å². The summed E-state index contributed by atoms with van der Waals surface area (Å²) in [4.78, 5) is 12.5. The van der Waals surface area contributed by atoms with Crippen LogP contribution in [-0.4, -0.2) is 48.7 Å². The number of rotatable bonds is 9. The average Bonchev–Trinajstić information content (AvgIpc) is 2.96. The molecule has 1 aliphatic rings. The fourth-order valence-corrected chi connectivity index (χ4v) is 5.71. The van der Waals surface area contributed by atoms with Gasteiger partial charge in [0, 0.05) is 44.0 Å². The average molecular weight is 641 g/mol. The van der Waals surface area contributed by atoms with Crippen molar-refractivity contribution in [1.82, 2.24) is 20.3 Å². The van der Waals surface area contributed by atoms with Gasteiger partial charge in [0.15, 0.2) is 17.4 Å². The van der Waals surface area contributed by atoms with Crippen molar-refractivity contribution >= 4 is 33.3 Å². The van der Waals surface area contributed by atoms with Crippen LogP contribution in [0.15, 0.2) is 54.9 Å². The maximum atomic E-state index is 15.1. The molecule has 0 aliphatic carbocycles. The zero-order valence-corrected chi connectivity index (χ0v) is 23.5. The molecule has 3 N–H and O–H groups in total. The number of sulfonamides is 1. The molecule has 2 aromatic heterocycles. The van der Waals surface area contributed by atoms with E-state index >= 15 is 4.39 Å². The van der Waals surface area contributed by atoms with Crippen molar-refractivity contribution in [3.63, 3.8) is 0 Å². The molecule has 2 aromatic carbocycles. The summed E-state index contributed by atoms with van der Waals surface area (Å²) in [6, 6.07) is 7.82. The number of alkyl halides is 1. The fourth-order valence-electron chi connectivity index (χ4n) is 4.31. The van der Waals surface area contributed by atoms with E-state index in [1.807, 2.05) is 0 Å². The van der Waals surface area contributed by atoms with Crippen molar-refractivity contribution in [2.75, 3.05) is 23.1 Å². The molecule has 0 saturated carbocycles. The number of ether oxygens (including phenoxy) is 1. The SMILES string of the molecule is O=S(=O)(Cc1ccc(F)c(Cl)c1)Nc1c(F)cc(Oc2ncccc2-c2ccnc(NC3CNC[C@@H](F)C3)n2)c(F)c1F. The van der Waals surface area contributed by atoms with Crippen LogP contribution in [-0.2, 0) is 15.8 Å². The van der Waals surface area contributed by atoms with Crippen molar-refractivity contribution in [2.45, 2.75) is 24.4 Å². The molecule has 0 bridgehead atoms. The van der Waals surface area contributed by atoms with Gasteiger partial charge in [-0.05, 0) is 35.9 Å². The number of benzene rings is 2. The second-order valence-corrected chi connectivity index (χ2v) is 11.7. The summed E-state index contributed by atoms with van der Waals surface area (Å²) >= 11 is 5.66. The molecule has 1 saturated heterocycles. The fraction of sp³-hybridized carbons (Fsp3) is 0.222. The number of hydrogen-bond donors (Lipinski definition) is 3. The summed E-state index contributed by atoms with van der Waals surface area (Å²) in [5.74, 6) is -7.67. The van der Waals surface area contributed by atoms with Crippen LogP contribution >= 0.6 is 11.6 Å². The molecule has 9 nitrogen and oxygen atoms in total. The van der Waals surface area contributed by atoms with Gasteiger partial charge in [0.25, 0.3) is 0 Å². The summed E-state index contributed by atoms with van der Waals surface area (Å²) < 4.78 is 104. The van der Waals surface area contributed by atoms with E-state index in [2.05, 4.69) is 25.6 Å². The number of pyridine rings is 1. The van der Waals surface area contributed by atoms with E-state index in [1.165, 1.54) is 30.6 Å². The normalized spacial score (nSPS) is 17.0. The molecule has 1 aliphatic heterocycles. The monoisotopic (exact) mass is 640 g/mol. The van der Waals surface area contributed by atoms with E-state index in [0.29, 0.717) is 12.6 Å². The van der Waals surface area contributed by atoms with Gasteiger partial charge in [-0.2, -0.15) is 4.39 Å². The molecule has 3 heterocycles. The Morgan fingerprint density at radius 2 is 1.81 bits per heavy atom. The molecular weight excluding hydrogens is 619 g/mol. The van der Waals surface area contributed by atoms with Crippen LogP contribution in [0.4, 0.5) is 33.6 Å².